The van der Waals surface area contributed by atoms with Crippen molar-refractivity contribution < 1.29 is 4.52 Å². The van der Waals surface area contributed by atoms with E-state index in [4.69, 9.17) is 4.52 Å². The van der Waals surface area contributed by atoms with Crippen LogP contribution in [0.3, 0.4) is 0 Å². The summed E-state index contributed by atoms with van der Waals surface area (Å²) in [7, 11) is 0. The van der Waals surface area contributed by atoms with Crippen molar-refractivity contribution in [3.63, 3.8) is 0 Å². The molecule has 2 aromatic rings. The monoisotopic (exact) mass is 233 g/mol. The van der Waals surface area contributed by atoms with Crippen LogP contribution in [-0.4, -0.2) is 5.16 Å². The molecule has 0 fully saturated rings. The van der Waals surface area contributed by atoms with Crippen LogP contribution in [0.5, 0.6) is 0 Å². The highest BCUT2D eigenvalue weighted by Gasteiger charge is 2.00. The van der Waals surface area contributed by atoms with Gasteiger partial charge in [-0.15, -0.1) is 0 Å². The molecular formula is C13H15NOS. The molecular weight excluding hydrogens is 218 g/mol. The van der Waals surface area contributed by atoms with Crippen molar-refractivity contribution in [2.75, 3.05) is 0 Å². The lowest BCUT2D eigenvalue weighted by atomic mass is 10.2. The topological polar surface area (TPSA) is 26.0 Å². The van der Waals surface area contributed by atoms with Crippen LogP contribution in [0, 0.1) is 13.8 Å². The van der Waals surface area contributed by atoms with Gasteiger partial charge in [-0.2, -0.15) is 11.8 Å². The van der Waals surface area contributed by atoms with E-state index in [0.717, 1.165) is 23.0 Å². The van der Waals surface area contributed by atoms with Crippen LogP contribution in [-0.2, 0) is 11.5 Å². The average molecular weight is 233 g/mol. The number of hydrogen-bond donors (Lipinski definition) is 0. The Bertz CT molecular complexity index is 447. The van der Waals surface area contributed by atoms with E-state index in [2.05, 4.69) is 36.3 Å². The first-order valence-electron chi connectivity index (χ1n) is 5.29. The van der Waals surface area contributed by atoms with Crippen molar-refractivity contribution in [1.29, 1.82) is 0 Å². The number of aromatic nitrogens is 1. The average Bonchev–Trinajstić information content (AvgIpc) is 2.67. The summed E-state index contributed by atoms with van der Waals surface area (Å²) in [5, 5.41) is 3.97. The molecule has 0 aliphatic carbocycles. The van der Waals surface area contributed by atoms with Gasteiger partial charge in [0.05, 0.1) is 5.69 Å². The molecule has 0 bridgehead atoms. The molecule has 84 valence electrons. The van der Waals surface area contributed by atoms with E-state index in [1.54, 1.807) is 0 Å². The molecule has 0 aliphatic heterocycles. The Kier molecular flexibility index (Phi) is 3.67. The second kappa shape index (κ2) is 5.21. The third-order valence-electron chi connectivity index (χ3n) is 2.32. The molecule has 0 saturated carbocycles. The minimum Gasteiger partial charge on any atom is -0.361 e. The van der Waals surface area contributed by atoms with Gasteiger partial charge in [0.25, 0.3) is 0 Å². The molecule has 1 aromatic carbocycles. The van der Waals surface area contributed by atoms with Crippen LogP contribution in [0.1, 0.15) is 22.6 Å². The quantitative estimate of drug-likeness (QED) is 0.805. The number of benzene rings is 1. The fourth-order valence-corrected chi connectivity index (χ4v) is 2.32. The van der Waals surface area contributed by atoms with Crippen molar-refractivity contribution in [3.8, 4) is 0 Å². The smallest absolute Gasteiger partial charge is 0.133 e. The van der Waals surface area contributed by atoms with E-state index < -0.39 is 0 Å². The molecule has 0 amide bonds. The van der Waals surface area contributed by atoms with E-state index in [9.17, 15) is 0 Å². The summed E-state index contributed by atoms with van der Waals surface area (Å²) in [6.45, 7) is 4.02. The second-order valence-corrected chi connectivity index (χ2v) is 4.89. The highest BCUT2D eigenvalue weighted by Crippen LogP contribution is 2.17. The van der Waals surface area contributed by atoms with Crippen LogP contribution < -0.4 is 0 Å². The van der Waals surface area contributed by atoms with E-state index in [-0.39, 0.29) is 0 Å². The van der Waals surface area contributed by atoms with Crippen LogP contribution in [0.4, 0.5) is 0 Å². The lowest BCUT2D eigenvalue weighted by Crippen LogP contribution is -1.83. The summed E-state index contributed by atoms with van der Waals surface area (Å²) < 4.78 is 5.02. The Hall–Kier alpha value is -1.22. The summed E-state index contributed by atoms with van der Waals surface area (Å²) in [5.41, 5.74) is 3.69. The number of rotatable bonds is 4. The van der Waals surface area contributed by atoms with Crippen LogP contribution >= 0.6 is 11.8 Å². The van der Waals surface area contributed by atoms with E-state index in [1.807, 2.05) is 24.8 Å². The molecule has 0 atom stereocenters. The van der Waals surface area contributed by atoms with Gasteiger partial charge < -0.3 is 4.52 Å². The lowest BCUT2D eigenvalue weighted by molar-refractivity contribution is 0.393. The normalized spacial score (nSPS) is 10.6. The zero-order valence-corrected chi connectivity index (χ0v) is 10.4. The molecule has 2 rings (SSSR count). The van der Waals surface area contributed by atoms with E-state index in [0.29, 0.717) is 0 Å². The minimum absolute atomic E-state index is 0.880. The van der Waals surface area contributed by atoms with E-state index >= 15 is 0 Å². The number of nitrogens with zero attached hydrogens (tertiary/aromatic N) is 1. The van der Waals surface area contributed by atoms with Gasteiger partial charge in [-0.05, 0) is 19.4 Å². The predicted octanol–water partition coefficient (Wildman–Crippen LogP) is 3.72. The standard InChI is InChI=1S/C13H15NOS/c1-10-3-5-12(6-4-10)8-16-9-13-7-11(2)15-14-13/h3-7H,8-9H2,1-2H3. The summed E-state index contributed by atoms with van der Waals surface area (Å²) in [4.78, 5) is 0. The number of thioether (sulfide) groups is 1. The maximum atomic E-state index is 5.02. The maximum absolute atomic E-state index is 5.02. The van der Waals surface area contributed by atoms with Crippen LogP contribution in [0.15, 0.2) is 34.9 Å². The van der Waals surface area contributed by atoms with Crippen molar-refractivity contribution >= 4 is 11.8 Å². The summed E-state index contributed by atoms with van der Waals surface area (Å²) in [6.07, 6.45) is 0. The first kappa shape index (κ1) is 11.3. The molecule has 0 radical (unpaired) electrons. The molecule has 2 nitrogen and oxygen atoms in total. The van der Waals surface area contributed by atoms with Gasteiger partial charge in [-0.25, -0.2) is 0 Å². The first-order valence-corrected chi connectivity index (χ1v) is 6.45. The van der Waals surface area contributed by atoms with Gasteiger partial charge in [0.1, 0.15) is 5.76 Å². The summed E-state index contributed by atoms with van der Waals surface area (Å²) >= 11 is 1.86. The maximum Gasteiger partial charge on any atom is 0.133 e. The molecule has 0 saturated heterocycles. The predicted molar refractivity (Wildman–Crippen MR) is 67.4 cm³/mol. The SMILES string of the molecule is Cc1ccc(CSCc2cc(C)on2)cc1. The van der Waals surface area contributed by atoms with Gasteiger partial charge in [0.2, 0.25) is 0 Å². The third-order valence-corrected chi connectivity index (χ3v) is 3.35. The molecule has 0 spiro atoms. The molecule has 1 aromatic heterocycles. The van der Waals surface area contributed by atoms with Crippen molar-refractivity contribution in [3.05, 3.63) is 52.9 Å². The molecule has 0 unspecified atom stereocenters. The fraction of sp³-hybridized carbons (Fsp3) is 0.308. The zero-order chi connectivity index (χ0) is 11.4. The minimum atomic E-state index is 0.880. The second-order valence-electron chi connectivity index (χ2n) is 3.91. The Morgan fingerprint density at radius 3 is 2.50 bits per heavy atom. The Balaban J connectivity index is 1.82. The van der Waals surface area contributed by atoms with Gasteiger partial charge in [0.15, 0.2) is 0 Å². The van der Waals surface area contributed by atoms with E-state index in [1.165, 1.54) is 11.1 Å². The van der Waals surface area contributed by atoms with Gasteiger partial charge in [0, 0.05) is 17.6 Å². The Labute approximate surface area is 100 Å². The largest absolute Gasteiger partial charge is 0.361 e. The van der Waals surface area contributed by atoms with Crippen LogP contribution in [0.2, 0.25) is 0 Å². The van der Waals surface area contributed by atoms with Gasteiger partial charge >= 0.3 is 0 Å². The highest BCUT2D eigenvalue weighted by atomic mass is 32.2. The Morgan fingerprint density at radius 1 is 1.12 bits per heavy atom. The zero-order valence-electron chi connectivity index (χ0n) is 9.56. The first-order chi connectivity index (χ1) is 7.74. The molecule has 16 heavy (non-hydrogen) atoms. The third kappa shape index (κ3) is 3.14. The van der Waals surface area contributed by atoms with Crippen LogP contribution in [0.25, 0.3) is 0 Å². The van der Waals surface area contributed by atoms with Crippen molar-refractivity contribution in [2.24, 2.45) is 0 Å². The summed E-state index contributed by atoms with van der Waals surface area (Å²) in [5.74, 6) is 2.81. The molecule has 3 heteroatoms. The number of aryl methyl sites for hydroxylation is 2. The highest BCUT2D eigenvalue weighted by molar-refractivity contribution is 7.97. The molecule has 0 N–H and O–H groups in total. The molecule has 0 aliphatic rings. The fourth-order valence-electron chi connectivity index (χ4n) is 1.44. The molecule has 1 heterocycles. The van der Waals surface area contributed by atoms with Crippen molar-refractivity contribution in [1.82, 2.24) is 5.16 Å². The van der Waals surface area contributed by atoms with Crippen molar-refractivity contribution in [2.45, 2.75) is 25.4 Å². The number of hydrogen-bond acceptors (Lipinski definition) is 3. The van der Waals surface area contributed by atoms with Gasteiger partial charge in [-0.3, -0.25) is 0 Å². The lowest BCUT2D eigenvalue weighted by Gasteiger charge is -2.00. The summed E-state index contributed by atoms with van der Waals surface area (Å²) in [6, 6.07) is 10.6. The Morgan fingerprint density at radius 2 is 1.88 bits per heavy atom. The van der Waals surface area contributed by atoms with Gasteiger partial charge in [-0.1, -0.05) is 35.0 Å².